The van der Waals surface area contributed by atoms with Crippen molar-refractivity contribution in [3.8, 4) is 6.07 Å². The van der Waals surface area contributed by atoms with E-state index in [1.807, 2.05) is 18.7 Å². The van der Waals surface area contributed by atoms with Crippen molar-refractivity contribution in [1.82, 2.24) is 4.98 Å². The molecule has 0 fully saturated rings. The van der Waals surface area contributed by atoms with Crippen molar-refractivity contribution >= 4 is 11.5 Å². The van der Waals surface area contributed by atoms with Gasteiger partial charge in [0.1, 0.15) is 12.0 Å². The first-order chi connectivity index (χ1) is 8.47. The summed E-state index contributed by atoms with van der Waals surface area (Å²) in [5.74, 6) is 0.670. The summed E-state index contributed by atoms with van der Waals surface area (Å²) >= 11 is 0. The number of nitriles is 1. The molecule has 0 saturated carbocycles. The average Bonchev–Trinajstić information content (AvgIpc) is 2.28. The number of nitrogens with zero attached hydrogens (tertiary/aromatic N) is 4. The van der Waals surface area contributed by atoms with Crippen LogP contribution < -0.4 is 4.90 Å². The molecular formula is C12H16N4O2. The van der Waals surface area contributed by atoms with Crippen LogP contribution in [0.3, 0.4) is 0 Å². The molecule has 1 heterocycles. The van der Waals surface area contributed by atoms with Crippen molar-refractivity contribution < 1.29 is 4.92 Å². The molecule has 0 saturated heterocycles. The van der Waals surface area contributed by atoms with Gasteiger partial charge in [-0.25, -0.2) is 4.98 Å². The third kappa shape index (κ3) is 3.17. The molecule has 0 spiro atoms. The van der Waals surface area contributed by atoms with Gasteiger partial charge in [-0.3, -0.25) is 10.1 Å². The van der Waals surface area contributed by atoms with Crippen LogP contribution in [0.25, 0.3) is 0 Å². The van der Waals surface area contributed by atoms with Gasteiger partial charge in [0, 0.05) is 18.2 Å². The van der Waals surface area contributed by atoms with Crippen LogP contribution in [0.5, 0.6) is 0 Å². The van der Waals surface area contributed by atoms with Gasteiger partial charge in [0.25, 0.3) is 5.69 Å². The maximum atomic E-state index is 10.7. The number of aromatic nitrogens is 1. The highest BCUT2D eigenvalue weighted by molar-refractivity contribution is 5.49. The molecule has 0 atom stereocenters. The highest BCUT2D eigenvalue weighted by Gasteiger charge is 2.16. The van der Waals surface area contributed by atoms with Gasteiger partial charge in [-0.1, -0.05) is 0 Å². The molecule has 0 amide bonds. The minimum absolute atomic E-state index is 0.0164. The van der Waals surface area contributed by atoms with Crippen LogP contribution in [0.15, 0.2) is 12.3 Å². The van der Waals surface area contributed by atoms with Gasteiger partial charge in [0.15, 0.2) is 0 Å². The average molecular weight is 248 g/mol. The molecule has 0 aliphatic heterocycles. The molecule has 0 radical (unpaired) electrons. The number of hydrogen-bond acceptors (Lipinski definition) is 5. The third-order valence-corrected chi connectivity index (χ3v) is 2.65. The summed E-state index contributed by atoms with van der Waals surface area (Å²) < 4.78 is 0. The van der Waals surface area contributed by atoms with E-state index in [2.05, 4.69) is 11.1 Å². The van der Waals surface area contributed by atoms with Crippen LogP contribution >= 0.6 is 0 Å². The second kappa shape index (κ2) is 5.96. The minimum atomic E-state index is -0.443. The molecule has 6 heteroatoms. The lowest BCUT2D eigenvalue weighted by molar-refractivity contribution is -0.385. The Labute approximate surface area is 106 Å². The van der Waals surface area contributed by atoms with Crippen LogP contribution in [0.4, 0.5) is 11.5 Å². The quantitative estimate of drug-likeness (QED) is 0.590. The highest BCUT2D eigenvalue weighted by Crippen LogP contribution is 2.22. The topological polar surface area (TPSA) is 83.1 Å². The number of anilines is 1. The predicted octanol–water partition coefficient (Wildman–Crippen LogP) is 2.43. The molecule has 1 aromatic rings. The van der Waals surface area contributed by atoms with Crippen molar-refractivity contribution in [2.24, 2.45) is 0 Å². The molecule has 6 nitrogen and oxygen atoms in total. The van der Waals surface area contributed by atoms with Crippen molar-refractivity contribution in [2.45, 2.75) is 33.2 Å². The summed E-state index contributed by atoms with van der Waals surface area (Å²) in [4.78, 5) is 16.3. The summed E-state index contributed by atoms with van der Waals surface area (Å²) in [5, 5.41) is 19.3. The summed E-state index contributed by atoms with van der Waals surface area (Å²) in [7, 11) is 0. The summed E-state index contributed by atoms with van der Waals surface area (Å²) in [6.07, 6.45) is 1.67. The Morgan fingerprint density at radius 3 is 2.72 bits per heavy atom. The number of rotatable bonds is 5. The van der Waals surface area contributed by atoms with Crippen LogP contribution in [-0.4, -0.2) is 22.5 Å². The van der Waals surface area contributed by atoms with Gasteiger partial charge >= 0.3 is 0 Å². The van der Waals surface area contributed by atoms with E-state index in [1.54, 1.807) is 13.0 Å². The molecule has 1 rings (SSSR count). The maximum absolute atomic E-state index is 10.7. The summed E-state index contributed by atoms with van der Waals surface area (Å²) in [6.45, 7) is 6.25. The van der Waals surface area contributed by atoms with Gasteiger partial charge in [-0.15, -0.1) is 0 Å². The second-order valence-electron chi connectivity index (χ2n) is 4.28. The Kier molecular flexibility index (Phi) is 4.60. The van der Waals surface area contributed by atoms with E-state index in [0.29, 0.717) is 24.3 Å². The van der Waals surface area contributed by atoms with Gasteiger partial charge in [-0.2, -0.15) is 5.26 Å². The van der Waals surface area contributed by atoms with Crippen LogP contribution in [0.1, 0.15) is 25.8 Å². The van der Waals surface area contributed by atoms with E-state index in [1.165, 1.54) is 6.20 Å². The van der Waals surface area contributed by atoms with Crippen LogP contribution in [-0.2, 0) is 0 Å². The van der Waals surface area contributed by atoms with Gasteiger partial charge < -0.3 is 4.90 Å². The number of nitro groups is 1. The van der Waals surface area contributed by atoms with Gasteiger partial charge in [-0.05, 0) is 26.8 Å². The molecule has 0 aliphatic carbocycles. The first kappa shape index (κ1) is 13.9. The summed E-state index contributed by atoms with van der Waals surface area (Å²) in [5.41, 5.74) is 0.593. The molecule has 1 aromatic heterocycles. The molecule has 0 bridgehead atoms. The smallest absolute Gasteiger partial charge is 0.290 e. The molecule has 96 valence electrons. The lowest BCUT2D eigenvalue weighted by atomic mass is 10.2. The van der Waals surface area contributed by atoms with E-state index >= 15 is 0 Å². The standard InChI is InChI=1S/C12H16N4O2/c1-9(2)15(6-4-5-13)12-7-10(3)11(8-14-12)16(17)18/h7-9H,4,6H2,1-3H3. The van der Waals surface area contributed by atoms with Crippen LogP contribution in [0, 0.1) is 28.4 Å². The minimum Gasteiger partial charge on any atom is -0.353 e. The normalized spacial score (nSPS) is 10.2. The fourth-order valence-corrected chi connectivity index (χ4v) is 1.69. The lowest BCUT2D eigenvalue weighted by Gasteiger charge is -2.27. The Hall–Kier alpha value is -2.16. The Morgan fingerprint density at radius 1 is 1.61 bits per heavy atom. The molecule has 0 aliphatic rings. The fourth-order valence-electron chi connectivity index (χ4n) is 1.69. The lowest BCUT2D eigenvalue weighted by Crippen LogP contribution is -2.32. The SMILES string of the molecule is Cc1cc(N(CCC#N)C(C)C)ncc1[N+](=O)[O-]. The predicted molar refractivity (Wildman–Crippen MR) is 68.3 cm³/mol. The monoisotopic (exact) mass is 248 g/mol. The largest absolute Gasteiger partial charge is 0.353 e. The van der Waals surface area contributed by atoms with E-state index in [-0.39, 0.29) is 11.7 Å². The van der Waals surface area contributed by atoms with Gasteiger partial charge in [0.05, 0.1) is 17.4 Å². The van der Waals surface area contributed by atoms with Gasteiger partial charge in [0.2, 0.25) is 0 Å². The van der Waals surface area contributed by atoms with Crippen LogP contribution in [0.2, 0.25) is 0 Å². The first-order valence-electron chi connectivity index (χ1n) is 5.72. The Bertz CT molecular complexity index is 479. The maximum Gasteiger partial charge on any atom is 0.290 e. The van der Waals surface area contributed by atoms with E-state index in [9.17, 15) is 10.1 Å². The Morgan fingerprint density at radius 2 is 2.28 bits per heavy atom. The highest BCUT2D eigenvalue weighted by atomic mass is 16.6. The molecular weight excluding hydrogens is 232 g/mol. The van der Waals surface area contributed by atoms with Crippen molar-refractivity contribution in [2.75, 3.05) is 11.4 Å². The fraction of sp³-hybridized carbons (Fsp3) is 0.500. The number of hydrogen-bond donors (Lipinski definition) is 0. The third-order valence-electron chi connectivity index (χ3n) is 2.65. The zero-order valence-corrected chi connectivity index (χ0v) is 10.8. The zero-order valence-electron chi connectivity index (χ0n) is 10.8. The first-order valence-corrected chi connectivity index (χ1v) is 5.72. The van der Waals surface area contributed by atoms with E-state index in [4.69, 9.17) is 5.26 Å². The molecule has 0 unspecified atom stereocenters. The molecule has 0 N–H and O–H groups in total. The Balaban J connectivity index is 3.03. The van der Waals surface area contributed by atoms with Crippen molar-refractivity contribution in [1.29, 1.82) is 5.26 Å². The van der Waals surface area contributed by atoms with E-state index in [0.717, 1.165) is 0 Å². The molecule has 18 heavy (non-hydrogen) atoms. The van der Waals surface area contributed by atoms with Crippen molar-refractivity contribution in [3.63, 3.8) is 0 Å². The molecule has 0 aromatic carbocycles. The number of pyridine rings is 1. The number of aryl methyl sites for hydroxylation is 1. The van der Waals surface area contributed by atoms with E-state index < -0.39 is 4.92 Å². The second-order valence-corrected chi connectivity index (χ2v) is 4.28. The van der Waals surface area contributed by atoms with Crippen molar-refractivity contribution in [3.05, 3.63) is 27.9 Å². The zero-order chi connectivity index (χ0) is 13.7. The summed E-state index contributed by atoms with van der Waals surface area (Å²) in [6, 6.07) is 3.97.